The lowest BCUT2D eigenvalue weighted by atomic mass is 9.94. The van der Waals surface area contributed by atoms with E-state index >= 15 is 0 Å². The van der Waals surface area contributed by atoms with Crippen molar-refractivity contribution in [2.24, 2.45) is 5.92 Å². The van der Waals surface area contributed by atoms with Gasteiger partial charge in [0, 0.05) is 24.0 Å². The van der Waals surface area contributed by atoms with E-state index in [1.165, 1.54) is 22.7 Å². The minimum atomic E-state index is -0.601. The summed E-state index contributed by atoms with van der Waals surface area (Å²) < 4.78 is 15.0. The molecule has 1 saturated carbocycles. The lowest BCUT2D eigenvalue weighted by Gasteiger charge is -2.24. The van der Waals surface area contributed by atoms with Crippen LogP contribution >= 0.6 is 0 Å². The number of nitrogens with two attached hydrogens (primary N) is 1. The van der Waals surface area contributed by atoms with Crippen molar-refractivity contribution in [3.8, 4) is 0 Å². The second kappa shape index (κ2) is 6.73. The van der Waals surface area contributed by atoms with Crippen molar-refractivity contribution < 1.29 is 9.47 Å². The molecule has 1 aromatic carbocycles. The van der Waals surface area contributed by atoms with Gasteiger partial charge in [0.05, 0.1) is 17.5 Å². The smallest absolute Gasteiger partial charge is 0.163 e. The van der Waals surface area contributed by atoms with Gasteiger partial charge in [-0.2, -0.15) is 0 Å². The van der Waals surface area contributed by atoms with E-state index in [0.717, 1.165) is 23.9 Å². The highest BCUT2D eigenvalue weighted by atomic mass is 16.8. The predicted molar refractivity (Wildman–Crippen MR) is 118 cm³/mol. The average molecular weight is 415 g/mol. The van der Waals surface area contributed by atoms with Crippen molar-refractivity contribution in [3.05, 3.63) is 60.8 Å². The summed E-state index contributed by atoms with van der Waals surface area (Å²) in [5.41, 5.74) is 8.21. The van der Waals surface area contributed by atoms with Crippen LogP contribution in [0.5, 0.6) is 0 Å². The molecule has 3 aromatic heterocycles. The molecule has 0 bridgehead atoms. The molecular weight excluding hydrogens is 390 g/mol. The van der Waals surface area contributed by atoms with Gasteiger partial charge in [0.15, 0.2) is 5.79 Å². The van der Waals surface area contributed by atoms with E-state index < -0.39 is 5.79 Å². The number of nitrogen functional groups attached to an aromatic ring is 1. The van der Waals surface area contributed by atoms with E-state index in [1.54, 1.807) is 0 Å². The highest BCUT2D eigenvalue weighted by Gasteiger charge is 2.54. The number of hydrogen-bond acceptors (Lipinski definition) is 6. The number of hydrogen-bond donors (Lipinski definition) is 1. The molecule has 0 spiro atoms. The van der Waals surface area contributed by atoms with E-state index in [1.807, 2.05) is 38.4 Å². The first-order valence-electron chi connectivity index (χ1n) is 10.7. The molecule has 4 heterocycles. The zero-order chi connectivity index (χ0) is 21.2. The first-order valence-corrected chi connectivity index (χ1v) is 10.7. The van der Waals surface area contributed by atoms with Crippen LogP contribution < -0.4 is 5.73 Å². The van der Waals surface area contributed by atoms with Crippen LogP contribution in [0, 0.1) is 5.92 Å². The van der Waals surface area contributed by atoms with Crippen LogP contribution in [0.4, 0.5) is 5.82 Å². The highest BCUT2D eigenvalue weighted by Crippen LogP contribution is 2.48. The normalized spacial score (nSPS) is 27.2. The number of ether oxygens (including phenoxy) is 2. The number of benzene rings is 1. The van der Waals surface area contributed by atoms with Crippen LogP contribution in [0.15, 0.2) is 55.2 Å². The number of rotatable bonds is 3. The van der Waals surface area contributed by atoms with Gasteiger partial charge in [-0.05, 0) is 61.8 Å². The second-order valence-corrected chi connectivity index (χ2v) is 9.11. The lowest BCUT2D eigenvalue weighted by Crippen LogP contribution is -2.27. The van der Waals surface area contributed by atoms with Gasteiger partial charge in [-0.3, -0.25) is 4.98 Å². The molecule has 1 saturated heterocycles. The summed E-state index contributed by atoms with van der Waals surface area (Å²) in [6.07, 6.45) is 9.20. The molecular formula is C24H25N5O2. The molecule has 2 N–H and O–H groups in total. The Morgan fingerprint density at radius 1 is 1.10 bits per heavy atom. The summed E-state index contributed by atoms with van der Waals surface area (Å²) in [6, 6.07) is 10.8. The average Bonchev–Trinajstić information content (AvgIpc) is 3.40. The molecule has 1 aliphatic heterocycles. The van der Waals surface area contributed by atoms with Gasteiger partial charge in [-0.15, -0.1) is 0 Å². The first-order chi connectivity index (χ1) is 15.0. The summed E-state index contributed by atoms with van der Waals surface area (Å²) >= 11 is 0. The third-order valence-corrected chi connectivity index (χ3v) is 6.65. The van der Waals surface area contributed by atoms with E-state index in [2.05, 4.69) is 43.9 Å². The monoisotopic (exact) mass is 415 g/mol. The molecule has 7 heteroatoms. The Morgan fingerprint density at radius 3 is 2.87 bits per heavy atom. The quantitative estimate of drug-likeness (QED) is 0.546. The van der Waals surface area contributed by atoms with Crippen LogP contribution in [0.3, 0.4) is 0 Å². The van der Waals surface area contributed by atoms with Gasteiger partial charge in [-0.1, -0.05) is 12.1 Å². The fraction of sp³-hybridized carbons (Fsp3) is 0.375. The van der Waals surface area contributed by atoms with Crippen molar-refractivity contribution in [1.82, 2.24) is 19.5 Å². The minimum Gasteiger partial charge on any atom is -0.383 e. The molecule has 4 aromatic rings. The Labute approximate surface area is 180 Å². The van der Waals surface area contributed by atoms with Gasteiger partial charge in [-0.25, -0.2) is 9.97 Å². The summed E-state index contributed by atoms with van der Waals surface area (Å²) in [4.78, 5) is 12.9. The summed E-state index contributed by atoms with van der Waals surface area (Å²) in [7, 11) is 0. The van der Waals surface area contributed by atoms with Gasteiger partial charge < -0.3 is 19.8 Å². The van der Waals surface area contributed by atoms with Crippen LogP contribution in [0.25, 0.3) is 21.8 Å². The van der Waals surface area contributed by atoms with Crippen LogP contribution in [-0.4, -0.2) is 37.5 Å². The number of fused-ring (bicyclic) bond motifs is 3. The van der Waals surface area contributed by atoms with E-state index in [0.29, 0.717) is 11.7 Å². The van der Waals surface area contributed by atoms with E-state index in [-0.39, 0.29) is 18.2 Å². The molecule has 0 radical (unpaired) electrons. The van der Waals surface area contributed by atoms with Crippen molar-refractivity contribution in [3.63, 3.8) is 0 Å². The van der Waals surface area contributed by atoms with Gasteiger partial charge in [0.2, 0.25) is 0 Å². The lowest BCUT2D eigenvalue weighted by molar-refractivity contribution is -0.160. The van der Waals surface area contributed by atoms with Crippen LogP contribution in [0.1, 0.15) is 31.9 Å². The van der Waals surface area contributed by atoms with E-state index in [9.17, 15) is 0 Å². The maximum atomic E-state index is 6.40. The molecule has 2 fully saturated rings. The number of anilines is 1. The standard InChI is InChI=1S/C24H25N5O2/c1-24(2)30-20-16(9-14-3-4-15-5-7-26-12-17(15)10-14)11-19(21(20)31-24)29-8-6-18-22(25)27-13-28-23(18)29/h3-8,10,12-13,16,19-21H,9,11H2,1-2H3,(H2,25,27,28)/t16-,19+,20+,21-/m0/s1. The zero-order valence-electron chi connectivity index (χ0n) is 17.6. The maximum absolute atomic E-state index is 6.40. The minimum absolute atomic E-state index is 0.0289. The maximum Gasteiger partial charge on any atom is 0.163 e. The Morgan fingerprint density at radius 2 is 1.97 bits per heavy atom. The third kappa shape index (κ3) is 3.07. The van der Waals surface area contributed by atoms with Crippen molar-refractivity contribution in [2.45, 2.75) is 50.7 Å². The number of pyridine rings is 1. The van der Waals surface area contributed by atoms with Gasteiger partial charge in [0.25, 0.3) is 0 Å². The highest BCUT2D eigenvalue weighted by molar-refractivity contribution is 5.86. The Bertz CT molecular complexity index is 1280. The second-order valence-electron chi connectivity index (χ2n) is 9.11. The van der Waals surface area contributed by atoms with Gasteiger partial charge >= 0.3 is 0 Å². The number of nitrogens with zero attached hydrogens (tertiary/aromatic N) is 4. The molecule has 0 unspecified atom stereocenters. The fourth-order valence-corrected chi connectivity index (χ4v) is 5.35. The van der Waals surface area contributed by atoms with Crippen molar-refractivity contribution in [1.29, 1.82) is 0 Å². The molecule has 31 heavy (non-hydrogen) atoms. The topological polar surface area (TPSA) is 88.1 Å². The zero-order valence-corrected chi connectivity index (χ0v) is 17.6. The predicted octanol–water partition coefficient (Wildman–Crippen LogP) is 3.89. The Balaban J connectivity index is 1.35. The third-order valence-electron chi connectivity index (χ3n) is 6.65. The molecule has 4 atom stereocenters. The number of aromatic nitrogens is 4. The van der Waals surface area contributed by atoms with Crippen molar-refractivity contribution >= 4 is 27.6 Å². The van der Waals surface area contributed by atoms with E-state index in [4.69, 9.17) is 15.2 Å². The summed E-state index contributed by atoms with van der Waals surface area (Å²) in [5.74, 6) is 0.238. The Kier molecular flexibility index (Phi) is 4.07. The molecule has 158 valence electrons. The molecule has 0 amide bonds. The molecule has 2 aliphatic rings. The summed E-state index contributed by atoms with van der Waals surface area (Å²) in [6.45, 7) is 3.99. The largest absolute Gasteiger partial charge is 0.383 e. The molecule has 1 aliphatic carbocycles. The first kappa shape index (κ1) is 18.7. The van der Waals surface area contributed by atoms with Gasteiger partial charge in [0.1, 0.15) is 23.9 Å². The molecule has 6 rings (SSSR count). The van der Waals surface area contributed by atoms with Crippen LogP contribution in [-0.2, 0) is 15.9 Å². The van der Waals surface area contributed by atoms with Crippen molar-refractivity contribution in [2.75, 3.05) is 5.73 Å². The SMILES string of the molecule is CC1(C)O[C@@H]2[C@@H](Cc3ccc4ccncc4c3)C[C@@H](n3ccc4c(N)ncnc43)[C@@H]2O1. The summed E-state index contributed by atoms with van der Waals surface area (Å²) in [5, 5.41) is 3.25. The Hall–Kier alpha value is -3.03. The molecule has 7 nitrogen and oxygen atoms in total. The van der Waals surface area contributed by atoms with Crippen LogP contribution in [0.2, 0.25) is 0 Å². The fourth-order valence-electron chi connectivity index (χ4n) is 5.35.